The van der Waals surface area contributed by atoms with Gasteiger partial charge in [-0.05, 0) is 31.0 Å². The first-order valence-electron chi connectivity index (χ1n) is 6.05. The molecule has 0 spiro atoms. The number of hydrogen-bond acceptors (Lipinski definition) is 3. The number of hydrogen-bond donors (Lipinski definition) is 1. The predicted octanol–water partition coefficient (Wildman–Crippen LogP) is 1.69. The normalized spacial score (nSPS) is 27.1. The van der Waals surface area contributed by atoms with E-state index in [1.54, 1.807) is 7.05 Å². The van der Waals surface area contributed by atoms with Gasteiger partial charge in [-0.25, -0.2) is 0 Å². The Morgan fingerprint density at radius 3 is 2.47 bits per heavy atom. The molecule has 0 aromatic carbocycles. The lowest BCUT2D eigenvalue weighted by molar-refractivity contribution is -0.153. The Kier molecular flexibility index (Phi) is 4.25. The van der Waals surface area contributed by atoms with Crippen molar-refractivity contribution in [3.05, 3.63) is 0 Å². The number of carbonyl (C=O) groups is 2. The Hall–Kier alpha value is -0.970. The molecule has 0 aromatic heterocycles. The van der Waals surface area contributed by atoms with Crippen molar-refractivity contribution in [2.45, 2.75) is 40.0 Å². The van der Waals surface area contributed by atoms with Crippen LogP contribution in [0.2, 0.25) is 0 Å². The maximum Gasteiger partial charge on any atom is 0.244 e. The SMILES string of the molecule is CCC[C@H](C)[C@@]1(CC)C(=O)NC(=S)N(C)C1=O. The fourth-order valence-electron chi connectivity index (χ4n) is 2.56. The highest BCUT2D eigenvalue weighted by atomic mass is 32.1. The van der Waals surface area contributed by atoms with Crippen LogP contribution in [0, 0.1) is 11.3 Å². The first-order valence-corrected chi connectivity index (χ1v) is 6.46. The van der Waals surface area contributed by atoms with Gasteiger partial charge in [0.15, 0.2) is 5.11 Å². The maximum absolute atomic E-state index is 12.4. The second kappa shape index (κ2) is 5.12. The van der Waals surface area contributed by atoms with Gasteiger partial charge in [0.25, 0.3) is 0 Å². The van der Waals surface area contributed by atoms with E-state index in [1.165, 1.54) is 4.90 Å². The molecular weight excluding hydrogens is 236 g/mol. The van der Waals surface area contributed by atoms with E-state index in [2.05, 4.69) is 12.2 Å². The Bertz CT molecular complexity index is 356. The van der Waals surface area contributed by atoms with Gasteiger partial charge in [0.1, 0.15) is 5.41 Å². The van der Waals surface area contributed by atoms with Gasteiger partial charge in [0, 0.05) is 7.05 Å². The second-order valence-corrected chi connectivity index (χ2v) is 5.02. The van der Waals surface area contributed by atoms with Crippen LogP contribution >= 0.6 is 12.2 Å². The van der Waals surface area contributed by atoms with Crippen LogP contribution in [-0.4, -0.2) is 28.9 Å². The van der Waals surface area contributed by atoms with E-state index in [1.807, 2.05) is 13.8 Å². The van der Waals surface area contributed by atoms with Gasteiger partial charge in [-0.1, -0.05) is 27.2 Å². The molecule has 2 amide bonds. The van der Waals surface area contributed by atoms with E-state index >= 15 is 0 Å². The number of carbonyl (C=O) groups excluding carboxylic acids is 2. The van der Waals surface area contributed by atoms with Crippen LogP contribution in [0.25, 0.3) is 0 Å². The van der Waals surface area contributed by atoms with E-state index in [0.717, 1.165) is 12.8 Å². The van der Waals surface area contributed by atoms with E-state index in [4.69, 9.17) is 12.2 Å². The summed E-state index contributed by atoms with van der Waals surface area (Å²) < 4.78 is 0. The Morgan fingerprint density at radius 2 is 2.00 bits per heavy atom. The largest absolute Gasteiger partial charge is 0.302 e. The third kappa shape index (κ3) is 2.08. The molecule has 1 heterocycles. The van der Waals surface area contributed by atoms with Crippen LogP contribution in [0.1, 0.15) is 40.0 Å². The van der Waals surface area contributed by atoms with Gasteiger partial charge >= 0.3 is 0 Å². The highest BCUT2D eigenvalue weighted by Gasteiger charge is 2.53. The summed E-state index contributed by atoms with van der Waals surface area (Å²) in [5, 5.41) is 2.84. The number of thiocarbonyl (C=S) groups is 1. The topological polar surface area (TPSA) is 49.4 Å². The number of amides is 2. The summed E-state index contributed by atoms with van der Waals surface area (Å²) in [6, 6.07) is 0. The molecule has 0 unspecified atom stereocenters. The molecule has 0 aliphatic carbocycles. The number of nitrogens with one attached hydrogen (secondary N) is 1. The van der Waals surface area contributed by atoms with Gasteiger partial charge in [-0.3, -0.25) is 14.5 Å². The minimum atomic E-state index is -0.951. The minimum Gasteiger partial charge on any atom is -0.302 e. The molecule has 96 valence electrons. The van der Waals surface area contributed by atoms with Crippen LogP contribution in [0.3, 0.4) is 0 Å². The van der Waals surface area contributed by atoms with E-state index in [9.17, 15) is 9.59 Å². The first-order chi connectivity index (χ1) is 7.91. The lowest BCUT2D eigenvalue weighted by Crippen LogP contribution is -2.64. The molecule has 1 aliphatic rings. The maximum atomic E-state index is 12.4. The summed E-state index contributed by atoms with van der Waals surface area (Å²) in [5.74, 6) is -0.390. The fraction of sp³-hybridized carbons (Fsp3) is 0.750. The minimum absolute atomic E-state index is 0.0237. The molecule has 1 aliphatic heterocycles. The van der Waals surface area contributed by atoms with Crippen LogP contribution in [0.4, 0.5) is 0 Å². The van der Waals surface area contributed by atoms with Crippen LogP contribution in [0.15, 0.2) is 0 Å². The van der Waals surface area contributed by atoms with Crippen molar-refractivity contribution in [3.63, 3.8) is 0 Å². The van der Waals surface area contributed by atoms with Crippen molar-refractivity contribution in [1.29, 1.82) is 0 Å². The van der Waals surface area contributed by atoms with Gasteiger partial charge in [0.05, 0.1) is 0 Å². The fourth-order valence-corrected chi connectivity index (χ4v) is 2.73. The van der Waals surface area contributed by atoms with Crippen molar-refractivity contribution in [3.8, 4) is 0 Å². The molecular formula is C12H20N2O2S. The molecule has 0 saturated carbocycles. The molecule has 0 aromatic rings. The van der Waals surface area contributed by atoms with Gasteiger partial charge in [-0.15, -0.1) is 0 Å². The predicted molar refractivity (Wildman–Crippen MR) is 70.3 cm³/mol. The molecule has 1 saturated heterocycles. The number of rotatable bonds is 4. The van der Waals surface area contributed by atoms with E-state index in [-0.39, 0.29) is 22.8 Å². The Morgan fingerprint density at radius 1 is 1.41 bits per heavy atom. The summed E-state index contributed by atoms with van der Waals surface area (Å²) in [5.41, 5.74) is -0.951. The lowest BCUT2D eigenvalue weighted by atomic mass is 9.69. The Labute approximate surface area is 108 Å². The zero-order valence-electron chi connectivity index (χ0n) is 10.9. The molecule has 2 atom stereocenters. The molecule has 4 nitrogen and oxygen atoms in total. The van der Waals surface area contributed by atoms with E-state index in [0.29, 0.717) is 6.42 Å². The summed E-state index contributed by atoms with van der Waals surface area (Å²) >= 11 is 4.96. The molecule has 5 heteroatoms. The lowest BCUT2D eigenvalue weighted by Gasteiger charge is -2.42. The van der Waals surface area contributed by atoms with Gasteiger partial charge in [0.2, 0.25) is 11.8 Å². The van der Waals surface area contributed by atoms with Crippen molar-refractivity contribution in [1.82, 2.24) is 10.2 Å². The third-order valence-electron chi connectivity index (χ3n) is 3.74. The zero-order chi connectivity index (χ0) is 13.2. The zero-order valence-corrected chi connectivity index (χ0v) is 11.7. The van der Waals surface area contributed by atoms with Gasteiger partial charge < -0.3 is 5.32 Å². The smallest absolute Gasteiger partial charge is 0.244 e. The van der Waals surface area contributed by atoms with Crippen LogP contribution < -0.4 is 5.32 Å². The molecule has 0 bridgehead atoms. The summed E-state index contributed by atoms with van der Waals surface area (Å²) in [6.07, 6.45) is 2.32. The monoisotopic (exact) mass is 256 g/mol. The quantitative estimate of drug-likeness (QED) is 0.615. The van der Waals surface area contributed by atoms with Crippen molar-refractivity contribution in [2.24, 2.45) is 11.3 Å². The Balaban J connectivity index is 3.15. The molecule has 1 N–H and O–H groups in total. The summed E-state index contributed by atoms with van der Waals surface area (Å²) in [6.45, 7) is 5.90. The van der Waals surface area contributed by atoms with Gasteiger partial charge in [-0.2, -0.15) is 0 Å². The average Bonchev–Trinajstić information content (AvgIpc) is 2.28. The standard InChI is InChI=1S/C12H20N2O2S/c1-5-7-8(3)12(6-2)9(15)13-11(17)14(4)10(12)16/h8H,5-7H2,1-4H3,(H,13,15,17)/t8-,12-/m0/s1. The molecule has 1 fully saturated rings. The van der Waals surface area contributed by atoms with Crippen LogP contribution in [0.5, 0.6) is 0 Å². The molecule has 0 radical (unpaired) electrons. The summed E-state index contributed by atoms with van der Waals surface area (Å²) in [7, 11) is 1.62. The highest BCUT2D eigenvalue weighted by Crippen LogP contribution is 2.38. The molecule has 17 heavy (non-hydrogen) atoms. The third-order valence-corrected chi connectivity index (χ3v) is 4.11. The highest BCUT2D eigenvalue weighted by molar-refractivity contribution is 7.80. The number of nitrogens with zero attached hydrogens (tertiary/aromatic N) is 1. The van der Waals surface area contributed by atoms with Crippen LogP contribution in [-0.2, 0) is 9.59 Å². The second-order valence-electron chi connectivity index (χ2n) is 4.64. The molecule has 1 rings (SSSR count). The summed E-state index contributed by atoms with van der Waals surface area (Å²) in [4.78, 5) is 26.0. The first kappa shape index (κ1) is 14.1. The van der Waals surface area contributed by atoms with Crippen molar-refractivity contribution in [2.75, 3.05) is 7.05 Å². The average molecular weight is 256 g/mol. The van der Waals surface area contributed by atoms with Crippen molar-refractivity contribution < 1.29 is 9.59 Å². The van der Waals surface area contributed by atoms with E-state index < -0.39 is 5.41 Å². The van der Waals surface area contributed by atoms with Crippen molar-refractivity contribution >= 4 is 29.1 Å².